The average Bonchev–Trinajstić information content (AvgIpc) is 2.40. The van der Waals surface area contributed by atoms with Crippen molar-refractivity contribution in [3.8, 4) is 0 Å². The van der Waals surface area contributed by atoms with Crippen LogP contribution in [0.3, 0.4) is 0 Å². The zero-order chi connectivity index (χ0) is 16.2. The monoisotopic (exact) mass is 303 g/mol. The molecule has 118 valence electrons. The lowest BCUT2D eigenvalue weighted by atomic mass is 10.1. The van der Waals surface area contributed by atoms with Crippen molar-refractivity contribution in [3.63, 3.8) is 0 Å². The Hall–Kier alpha value is -2.37. The zero-order valence-electron chi connectivity index (χ0n) is 13.1. The van der Waals surface area contributed by atoms with Crippen LogP contribution in [0.5, 0.6) is 0 Å². The molecule has 1 aromatic heterocycles. The first kappa shape index (κ1) is 16.0. The molecule has 0 radical (unpaired) electrons. The van der Waals surface area contributed by atoms with E-state index in [9.17, 15) is 9.59 Å². The molecule has 1 amide bonds. The number of nitrogens with zero attached hydrogens (tertiary/aromatic N) is 1. The fraction of sp³-hybridized carbons (Fsp3) is 0.438. The van der Waals surface area contributed by atoms with E-state index in [1.54, 1.807) is 12.3 Å². The van der Waals surface area contributed by atoms with Crippen LogP contribution in [0.2, 0.25) is 0 Å². The molecule has 2 N–H and O–H groups in total. The van der Waals surface area contributed by atoms with Gasteiger partial charge in [0, 0.05) is 37.3 Å². The minimum Gasteiger partial charge on any atom is -0.457 e. The number of pyridine rings is 1. The molecule has 0 aromatic carbocycles. The van der Waals surface area contributed by atoms with Crippen molar-refractivity contribution in [1.82, 2.24) is 10.3 Å². The third-order valence-corrected chi connectivity index (χ3v) is 2.93. The Morgan fingerprint density at radius 3 is 2.86 bits per heavy atom. The summed E-state index contributed by atoms with van der Waals surface area (Å²) in [6.07, 6.45) is 5.14. The molecule has 1 aromatic rings. The number of carbonyl (C=O) groups is 2. The van der Waals surface area contributed by atoms with Crippen molar-refractivity contribution in [2.24, 2.45) is 0 Å². The van der Waals surface area contributed by atoms with Gasteiger partial charge in [0.05, 0.1) is 0 Å². The number of rotatable bonds is 2. The molecule has 0 atom stereocenters. The lowest BCUT2D eigenvalue weighted by Crippen LogP contribution is -2.28. The van der Waals surface area contributed by atoms with E-state index >= 15 is 0 Å². The van der Waals surface area contributed by atoms with Gasteiger partial charge in [-0.2, -0.15) is 0 Å². The number of hydrogen-bond donors (Lipinski definition) is 2. The van der Waals surface area contributed by atoms with Crippen LogP contribution in [-0.4, -0.2) is 29.0 Å². The summed E-state index contributed by atoms with van der Waals surface area (Å²) in [4.78, 5) is 27.4. The molecule has 0 fully saturated rings. The number of anilines is 1. The molecule has 0 aliphatic carbocycles. The maximum Gasteiger partial charge on any atom is 0.331 e. The van der Waals surface area contributed by atoms with E-state index in [0.717, 1.165) is 16.9 Å². The van der Waals surface area contributed by atoms with Crippen LogP contribution < -0.4 is 10.6 Å². The Labute approximate surface area is 130 Å². The largest absolute Gasteiger partial charge is 0.457 e. The van der Waals surface area contributed by atoms with Gasteiger partial charge in [-0.25, -0.2) is 9.78 Å². The summed E-state index contributed by atoms with van der Waals surface area (Å²) in [6, 6.07) is 1.89. The van der Waals surface area contributed by atoms with E-state index in [-0.39, 0.29) is 5.91 Å². The van der Waals surface area contributed by atoms with Crippen LogP contribution >= 0.6 is 0 Å². The molecule has 6 nitrogen and oxygen atoms in total. The molecule has 1 aliphatic rings. The summed E-state index contributed by atoms with van der Waals surface area (Å²) in [5.74, 6) is 0.368. The number of fused-ring (bicyclic) bond motifs is 1. The maximum atomic E-state index is 11.7. The van der Waals surface area contributed by atoms with Crippen LogP contribution in [0.25, 0.3) is 6.08 Å². The van der Waals surface area contributed by atoms with Gasteiger partial charge in [0.25, 0.3) is 0 Å². The number of aromatic nitrogens is 1. The first-order valence-electron chi connectivity index (χ1n) is 7.24. The van der Waals surface area contributed by atoms with Crippen molar-refractivity contribution in [1.29, 1.82) is 0 Å². The molecule has 0 saturated carbocycles. The Morgan fingerprint density at radius 2 is 2.14 bits per heavy atom. The van der Waals surface area contributed by atoms with Gasteiger partial charge in [-0.1, -0.05) is 0 Å². The van der Waals surface area contributed by atoms with Crippen LogP contribution in [0.1, 0.15) is 38.3 Å². The van der Waals surface area contributed by atoms with Gasteiger partial charge in [0.15, 0.2) is 0 Å². The van der Waals surface area contributed by atoms with Gasteiger partial charge < -0.3 is 15.4 Å². The van der Waals surface area contributed by atoms with Crippen molar-refractivity contribution >= 4 is 23.8 Å². The summed E-state index contributed by atoms with van der Waals surface area (Å²) < 4.78 is 5.21. The SMILES string of the molecule is CC(C)(C)OC(=O)C=Cc1cnc2c(c1)CNC(=O)CCN2. The van der Waals surface area contributed by atoms with Crippen molar-refractivity contribution in [2.75, 3.05) is 11.9 Å². The highest BCUT2D eigenvalue weighted by atomic mass is 16.6. The van der Waals surface area contributed by atoms with E-state index < -0.39 is 11.6 Å². The van der Waals surface area contributed by atoms with Crippen LogP contribution in [0, 0.1) is 0 Å². The van der Waals surface area contributed by atoms with Crippen LogP contribution in [0.4, 0.5) is 5.82 Å². The Kier molecular flexibility index (Phi) is 4.80. The number of ether oxygens (including phenoxy) is 1. The summed E-state index contributed by atoms with van der Waals surface area (Å²) in [7, 11) is 0. The van der Waals surface area contributed by atoms with E-state index in [0.29, 0.717) is 19.5 Å². The number of carbonyl (C=O) groups excluding carboxylic acids is 2. The first-order valence-corrected chi connectivity index (χ1v) is 7.24. The zero-order valence-corrected chi connectivity index (χ0v) is 13.1. The number of hydrogen-bond acceptors (Lipinski definition) is 5. The van der Waals surface area contributed by atoms with Gasteiger partial charge in [0.2, 0.25) is 5.91 Å². The summed E-state index contributed by atoms with van der Waals surface area (Å²) in [5, 5.41) is 5.96. The highest BCUT2D eigenvalue weighted by molar-refractivity contribution is 5.87. The quantitative estimate of drug-likeness (QED) is 0.644. The van der Waals surface area contributed by atoms with E-state index in [1.807, 2.05) is 26.8 Å². The molecular weight excluding hydrogens is 282 g/mol. The third-order valence-electron chi connectivity index (χ3n) is 2.93. The van der Waals surface area contributed by atoms with Gasteiger partial charge in [-0.15, -0.1) is 0 Å². The van der Waals surface area contributed by atoms with E-state index in [2.05, 4.69) is 15.6 Å². The molecule has 0 bridgehead atoms. The number of amides is 1. The second-order valence-corrected chi connectivity index (χ2v) is 6.10. The Balaban J connectivity index is 2.10. The Morgan fingerprint density at radius 1 is 1.36 bits per heavy atom. The van der Waals surface area contributed by atoms with Gasteiger partial charge >= 0.3 is 5.97 Å². The lowest BCUT2D eigenvalue weighted by molar-refractivity contribution is -0.148. The molecule has 6 heteroatoms. The minimum absolute atomic E-state index is 0.00727. The lowest BCUT2D eigenvalue weighted by Gasteiger charge is -2.18. The molecule has 0 spiro atoms. The Bertz CT molecular complexity index is 603. The van der Waals surface area contributed by atoms with Crippen LogP contribution in [-0.2, 0) is 20.9 Å². The number of esters is 1. The average molecular weight is 303 g/mol. The predicted molar refractivity (Wildman–Crippen MR) is 84.1 cm³/mol. The van der Waals surface area contributed by atoms with Crippen LogP contribution in [0.15, 0.2) is 18.3 Å². The number of nitrogens with one attached hydrogen (secondary N) is 2. The topological polar surface area (TPSA) is 80.3 Å². The molecule has 1 aliphatic heterocycles. The molecule has 22 heavy (non-hydrogen) atoms. The molecule has 0 saturated heterocycles. The summed E-state index contributed by atoms with van der Waals surface area (Å²) in [5.41, 5.74) is 1.15. The van der Waals surface area contributed by atoms with Crippen molar-refractivity contribution in [3.05, 3.63) is 29.5 Å². The summed E-state index contributed by atoms with van der Waals surface area (Å²) in [6.45, 7) is 6.43. The highest BCUT2D eigenvalue weighted by Crippen LogP contribution is 2.17. The molecule has 0 unspecified atom stereocenters. The molecular formula is C16H21N3O3. The normalized spacial score (nSPS) is 15.3. The van der Waals surface area contributed by atoms with Crippen molar-refractivity contribution in [2.45, 2.75) is 39.3 Å². The van der Waals surface area contributed by atoms with Crippen molar-refractivity contribution < 1.29 is 14.3 Å². The van der Waals surface area contributed by atoms with Gasteiger partial charge in [-0.05, 0) is 38.5 Å². The van der Waals surface area contributed by atoms with Gasteiger partial charge in [0.1, 0.15) is 11.4 Å². The minimum atomic E-state index is -0.514. The first-order chi connectivity index (χ1) is 10.3. The smallest absolute Gasteiger partial charge is 0.331 e. The predicted octanol–water partition coefficient (Wildman–Crippen LogP) is 1.87. The second-order valence-electron chi connectivity index (χ2n) is 6.10. The van der Waals surface area contributed by atoms with E-state index in [1.165, 1.54) is 6.08 Å². The fourth-order valence-corrected chi connectivity index (χ4v) is 1.99. The second kappa shape index (κ2) is 6.60. The summed E-state index contributed by atoms with van der Waals surface area (Å²) >= 11 is 0. The van der Waals surface area contributed by atoms with Gasteiger partial charge in [-0.3, -0.25) is 4.79 Å². The fourth-order valence-electron chi connectivity index (χ4n) is 1.99. The molecule has 2 rings (SSSR count). The third kappa shape index (κ3) is 4.87. The standard InChI is InChI=1S/C16H21N3O3/c1-16(2,3)22-14(21)5-4-11-8-12-10-18-13(20)6-7-17-15(12)19-9-11/h4-5,8-9H,6-7,10H2,1-3H3,(H,17,19)(H,18,20). The highest BCUT2D eigenvalue weighted by Gasteiger charge is 2.14. The maximum absolute atomic E-state index is 11.7. The molecule has 2 heterocycles. The van der Waals surface area contributed by atoms with E-state index in [4.69, 9.17) is 4.74 Å².